The van der Waals surface area contributed by atoms with Crippen LogP contribution in [-0.2, 0) is 10.8 Å². The molecule has 0 radical (unpaired) electrons. The molecule has 0 bridgehead atoms. The van der Waals surface area contributed by atoms with Crippen LogP contribution in [-0.4, -0.2) is 40.2 Å². The first-order valence-electron chi connectivity index (χ1n) is 7.62. The van der Waals surface area contributed by atoms with Gasteiger partial charge in [-0.15, -0.1) is 0 Å². The zero-order valence-electron chi connectivity index (χ0n) is 14.1. The zero-order chi connectivity index (χ0) is 17.5. The minimum absolute atomic E-state index is 0.100. The number of urea groups is 1. The predicted molar refractivity (Wildman–Crippen MR) is 98.1 cm³/mol. The highest BCUT2D eigenvalue weighted by molar-refractivity contribution is 7.84. The normalized spacial score (nSPS) is 13.0. The molecule has 5 nitrogen and oxygen atoms in total. The lowest BCUT2D eigenvalue weighted by atomic mass is 10.3. The smallest absolute Gasteiger partial charge is 0.321 e. The van der Waals surface area contributed by atoms with Gasteiger partial charge in [0.05, 0.1) is 0 Å². The van der Waals surface area contributed by atoms with E-state index in [0.29, 0.717) is 17.2 Å². The van der Waals surface area contributed by atoms with Crippen molar-refractivity contribution >= 4 is 22.5 Å². The zero-order valence-corrected chi connectivity index (χ0v) is 14.9. The fourth-order valence-electron chi connectivity index (χ4n) is 2.09. The molecule has 1 N–H and O–H groups in total. The third kappa shape index (κ3) is 5.38. The van der Waals surface area contributed by atoms with Gasteiger partial charge in [-0.2, -0.15) is 0 Å². The highest BCUT2D eigenvalue weighted by Gasteiger charge is 2.16. The van der Waals surface area contributed by atoms with Crippen LogP contribution in [0.3, 0.4) is 0 Å². The van der Waals surface area contributed by atoms with Gasteiger partial charge in [-0.25, -0.2) is 4.79 Å². The summed E-state index contributed by atoms with van der Waals surface area (Å²) >= 11 is 0. The average Bonchev–Trinajstić information content (AvgIpc) is 2.56. The van der Waals surface area contributed by atoms with Gasteiger partial charge in [-0.05, 0) is 43.3 Å². The summed E-state index contributed by atoms with van der Waals surface area (Å²) in [6.45, 7) is 1.87. The molecule has 0 heterocycles. The summed E-state index contributed by atoms with van der Waals surface area (Å²) in [7, 11) is 0.754. The van der Waals surface area contributed by atoms with E-state index in [9.17, 15) is 9.00 Å². The van der Waals surface area contributed by atoms with Crippen molar-refractivity contribution in [3.63, 3.8) is 0 Å². The summed E-state index contributed by atoms with van der Waals surface area (Å²) < 4.78 is 17.0. The van der Waals surface area contributed by atoms with Gasteiger partial charge in [0.1, 0.15) is 11.5 Å². The predicted octanol–water partition coefficient (Wildman–Crippen LogP) is 3.71. The second-order valence-corrected chi connectivity index (χ2v) is 7.05. The van der Waals surface area contributed by atoms with E-state index < -0.39 is 10.8 Å². The second-order valence-electron chi connectivity index (χ2n) is 5.57. The average molecular weight is 346 g/mol. The number of ether oxygens (including phenoxy) is 1. The van der Waals surface area contributed by atoms with Crippen molar-refractivity contribution in [2.24, 2.45) is 0 Å². The molecule has 24 heavy (non-hydrogen) atoms. The molecule has 6 heteroatoms. The number of benzene rings is 2. The lowest BCUT2D eigenvalue weighted by Gasteiger charge is -2.24. The van der Waals surface area contributed by atoms with Gasteiger partial charge < -0.3 is 15.0 Å². The Bertz CT molecular complexity index is 689. The summed E-state index contributed by atoms with van der Waals surface area (Å²) in [6, 6.07) is 16.3. The maximum absolute atomic E-state index is 12.2. The second kappa shape index (κ2) is 8.49. The van der Waals surface area contributed by atoms with Crippen molar-refractivity contribution in [2.75, 3.05) is 24.4 Å². The van der Waals surface area contributed by atoms with E-state index in [1.165, 1.54) is 0 Å². The van der Waals surface area contributed by atoms with Crippen LogP contribution >= 0.6 is 0 Å². The maximum atomic E-state index is 12.2. The highest BCUT2D eigenvalue weighted by atomic mass is 32.2. The Labute approximate surface area is 145 Å². The molecule has 0 fully saturated rings. The van der Waals surface area contributed by atoms with Crippen LogP contribution < -0.4 is 10.1 Å². The van der Waals surface area contributed by atoms with Crippen molar-refractivity contribution in [3.8, 4) is 11.5 Å². The van der Waals surface area contributed by atoms with Crippen molar-refractivity contribution < 1.29 is 13.7 Å². The molecule has 128 valence electrons. The number of anilines is 1. The Morgan fingerprint density at radius 2 is 1.71 bits per heavy atom. The molecule has 0 aliphatic rings. The van der Waals surface area contributed by atoms with E-state index in [1.54, 1.807) is 42.5 Å². The van der Waals surface area contributed by atoms with Crippen molar-refractivity contribution in [1.29, 1.82) is 0 Å². The van der Waals surface area contributed by atoms with Crippen LogP contribution in [0.5, 0.6) is 11.5 Å². The molecule has 0 unspecified atom stereocenters. The molecule has 2 atom stereocenters. The van der Waals surface area contributed by atoms with Crippen molar-refractivity contribution in [2.45, 2.75) is 13.0 Å². The number of nitrogens with zero attached hydrogens (tertiary/aromatic N) is 1. The minimum Gasteiger partial charge on any atom is -0.457 e. The molecule has 0 aromatic heterocycles. The summed E-state index contributed by atoms with van der Waals surface area (Å²) in [6.07, 6.45) is 1.63. The Hall–Kier alpha value is -2.34. The standard InChI is InChI=1S/C18H22N2O3S/c1-14(13-24(3)22)20(2)18(21)19-15-9-11-17(12-10-15)23-16-7-5-4-6-8-16/h4-12,14H,13H2,1-3H3,(H,19,21)/t14-,24-/m1/s1. The molecule has 0 saturated carbocycles. The molecule has 2 aromatic rings. The van der Waals surface area contributed by atoms with Gasteiger partial charge in [-0.3, -0.25) is 4.21 Å². The van der Waals surface area contributed by atoms with Gasteiger partial charge in [0.25, 0.3) is 0 Å². The van der Waals surface area contributed by atoms with Gasteiger partial charge >= 0.3 is 6.03 Å². The number of hydrogen-bond acceptors (Lipinski definition) is 3. The number of nitrogens with one attached hydrogen (secondary N) is 1. The molecule has 0 saturated heterocycles. The van der Waals surface area contributed by atoms with Gasteiger partial charge in [-0.1, -0.05) is 18.2 Å². The molecule has 0 spiro atoms. The maximum Gasteiger partial charge on any atom is 0.321 e. The monoisotopic (exact) mass is 346 g/mol. The van der Waals surface area contributed by atoms with E-state index in [4.69, 9.17) is 4.74 Å². The Morgan fingerprint density at radius 1 is 1.12 bits per heavy atom. The Kier molecular flexibility index (Phi) is 6.37. The quantitative estimate of drug-likeness (QED) is 0.867. The van der Waals surface area contributed by atoms with Crippen LogP contribution in [0, 0.1) is 0 Å². The van der Waals surface area contributed by atoms with E-state index in [-0.39, 0.29) is 12.1 Å². The summed E-state index contributed by atoms with van der Waals surface area (Å²) in [5.41, 5.74) is 0.678. The number of carbonyl (C=O) groups excluding carboxylic acids is 1. The fourth-order valence-corrected chi connectivity index (χ4v) is 3.00. The van der Waals surface area contributed by atoms with E-state index in [1.807, 2.05) is 37.3 Å². The molecule has 0 aliphatic heterocycles. The Balaban J connectivity index is 1.93. The number of carbonyl (C=O) groups is 1. The summed E-state index contributed by atoms with van der Waals surface area (Å²) in [4.78, 5) is 13.7. The van der Waals surface area contributed by atoms with Crippen LogP contribution in [0.1, 0.15) is 6.92 Å². The molecule has 0 aliphatic carbocycles. The third-order valence-electron chi connectivity index (χ3n) is 3.54. The molecular formula is C18H22N2O3S. The van der Waals surface area contributed by atoms with Crippen LogP contribution in [0.2, 0.25) is 0 Å². The molecule has 2 aromatic carbocycles. The van der Waals surface area contributed by atoms with Gasteiger partial charge in [0.15, 0.2) is 0 Å². The molecule has 2 amide bonds. The first-order chi connectivity index (χ1) is 11.5. The lowest BCUT2D eigenvalue weighted by Crippen LogP contribution is -2.40. The van der Waals surface area contributed by atoms with Crippen LogP contribution in [0.4, 0.5) is 10.5 Å². The number of para-hydroxylation sites is 1. The third-order valence-corrected chi connectivity index (χ3v) is 4.49. The van der Waals surface area contributed by atoms with Crippen molar-refractivity contribution in [3.05, 3.63) is 54.6 Å². The number of rotatable bonds is 6. The van der Waals surface area contributed by atoms with E-state index in [0.717, 1.165) is 5.75 Å². The van der Waals surface area contributed by atoms with Gasteiger partial charge in [0, 0.05) is 41.6 Å². The largest absolute Gasteiger partial charge is 0.457 e. The van der Waals surface area contributed by atoms with Gasteiger partial charge in [0.2, 0.25) is 0 Å². The first kappa shape index (κ1) is 18.0. The highest BCUT2D eigenvalue weighted by Crippen LogP contribution is 2.22. The SMILES string of the molecule is C[C@H](C[S@@](C)=O)N(C)C(=O)Nc1ccc(Oc2ccccc2)cc1. The van der Waals surface area contributed by atoms with Crippen LogP contribution in [0.15, 0.2) is 54.6 Å². The summed E-state index contributed by atoms with van der Waals surface area (Å²) in [5, 5.41) is 2.82. The van der Waals surface area contributed by atoms with Crippen molar-refractivity contribution in [1.82, 2.24) is 4.90 Å². The topological polar surface area (TPSA) is 58.6 Å². The number of amides is 2. The fraction of sp³-hybridized carbons (Fsp3) is 0.278. The van der Waals surface area contributed by atoms with E-state index in [2.05, 4.69) is 5.32 Å². The first-order valence-corrected chi connectivity index (χ1v) is 9.35. The van der Waals surface area contributed by atoms with E-state index >= 15 is 0 Å². The Morgan fingerprint density at radius 3 is 2.29 bits per heavy atom. The summed E-state index contributed by atoms with van der Waals surface area (Å²) in [5.74, 6) is 1.91. The molecule has 2 rings (SSSR count). The number of hydrogen-bond donors (Lipinski definition) is 1. The lowest BCUT2D eigenvalue weighted by molar-refractivity contribution is 0.212. The molecular weight excluding hydrogens is 324 g/mol. The minimum atomic E-state index is -0.940. The van der Waals surface area contributed by atoms with Crippen LogP contribution in [0.25, 0.3) is 0 Å².